The van der Waals surface area contributed by atoms with Crippen molar-refractivity contribution < 1.29 is 14.0 Å². The topological polar surface area (TPSA) is 70.2 Å². The van der Waals surface area contributed by atoms with E-state index >= 15 is 0 Å². The zero-order chi connectivity index (χ0) is 18.7. The van der Waals surface area contributed by atoms with Gasteiger partial charge in [0, 0.05) is 15.8 Å². The van der Waals surface area contributed by atoms with Crippen LogP contribution in [0.5, 0.6) is 0 Å². The summed E-state index contributed by atoms with van der Waals surface area (Å²) in [5.41, 5.74) is 6.55. The van der Waals surface area contributed by atoms with E-state index < -0.39 is 17.6 Å². The van der Waals surface area contributed by atoms with Crippen LogP contribution in [0.4, 0.5) is 10.1 Å². The number of halogens is 2. The van der Waals surface area contributed by atoms with E-state index in [1.165, 1.54) is 18.2 Å². The number of hydrogen-bond acceptors (Lipinski definition) is 4. The Balaban J connectivity index is 1.57. The number of hydrazine groups is 1. The Morgan fingerprint density at radius 1 is 1.12 bits per heavy atom. The van der Waals surface area contributed by atoms with Crippen molar-refractivity contribution in [1.29, 1.82) is 0 Å². The minimum absolute atomic E-state index is 0.00526. The van der Waals surface area contributed by atoms with Crippen molar-refractivity contribution in [2.45, 2.75) is 6.92 Å². The summed E-state index contributed by atoms with van der Waals surface area (Å²) in [4.78, 5) is 24.3. The predicted octanol–water partition coefficient (Wildman–Crippen LogP) is 3.88. The van der Waals surface area contributed by atoms with E-state index in [-0.39, 0.29) is 16.4 Å². The Bertz CT molecular complexity index is 972. The van der Waals surface area contributed by atoms with Crippen molar-refractivity contribution in [2.75, 3.05) is 11.9 Å². The summed E-state index contributed by atoms with van der Waals surface area (Å²) in [6.45, 7) is 1.97. The lowest BCUT2D eigenvalue weighted by Gasteiger charge is -2.09. The van der Waals surface area contributed by atoms with Crippen LogP contribution in [0.2, 0.25) is 5.02 Å². The first-order chi connectivity index (χ1) is 12.4. The lowest BCUT2D eigenvalue weighted by Crippen LogP contribution is -2.44. The number of thiophene rings is 1. The van der Waals surface area contributed by atoms with Crippen molar-refractivity contribution in [2.24, 2.45) is 0 Å². The maximum absolute atomic E-state index is 13.3. The van der Waals surface area contributed by atoms with Crippen LogP contribution < -0.4 is 16.2 Å². The summed E-state index contributed by atoms with van der Waals surface area (Å²) >= 11 is 7.23. The van der Waals surface area contributed by atoms with E-state index in [1.54, 1.807) is 0 Å². The summed E-state index contributed by atoms with van der Waals surface area (Å²) in [7, 11) is 0. The number of rotatable bonds is 4. The molecule has 0 spiro atoms. The summed E-state index contributed by atoms with van der Waals surface area (Å²) in [6.07, 6.45) is 0. The van der Waals surface area contributed by atoms with E-state index in [0.29, 0.717) is 10.1 Å². The number of carbonyl (C=O) groups is 2. The molecule has 1 heterocycles. The standard InChI is InChI=1S/C18H15ClFN3O2S/c1-10-2-5-12(6-3-10)21-9-15(24)22-23-18(25)17-16(19)13-7-4-11(20)8-14(13)26-17/h2-8,21H,9H2,1H3,(H,22,24)(H,23,25). The van der Waals surface area contributed by atoms with Crippen LogP contribution in [0.15, 0.2) is 42.5 Å². The molecule has 8 heteroatoms. The van der Waals surface area contributed by atoms with Gasteiger partial charge in [0.1, 0.15) is 10.7 Å². The van der Waals surface area contributed by atoms with Gasteiger partial charge in [-0.25, -0.2) is 4.39 Å². The molecule has 1 aromatic heterocycles. The van der Waals surface area contributed by atoms with Gasteiger partial charge >= 0.3 is 0 Å². The van der Waals surface area contributed by atoms with Crippen LogP contribution >= 0.6 is 22.9 Å². The molecule has 5 nitrogen and oxygen atoms in total. The molecule has 0 atom stereocenters. The maximum Gasteiger partial charge on any atom is 0.281 e. The molecule has 0 unspecified atom stereocenters. The number of benzene rings is 2. The third kappa shape index (κ3) is 4.12. The van der Waals surface area contributed by atoms with Crippen molar-refractivity contribution >= 4 is 50.5 Å². The van der Waals surface area contributed by atoms with Gasteiger partial charge in [0.2, 0.25) is 0 Å². The third-order valence-corrected chi connectivity index (χ3v) is 5.27. The molecule has 3 rings (SSSR count). The van der Waals surface area contributed by atoms with Gasteiger partial charge in [-0.3, -0.25) is 20.4 Å². The van der Waals surface area contributed by atoms with Crippen molar-refractivity contribution in [3.63, 3.8) is 0 Å². The van der Waals surface area contributed by atoms with Crippen LogP contribution in [0.25, 0.3) is 10.1 Å². The number of nitrogens with one attached hydrogen (secondary N) is 3. The molecule has 0 saturated heterocycles. The maximum atomic E-state index is 13.3. The number of hydrogen-bond donors (Lipinski definition) is 3. The van der Waals surface area contributed by atoms with Crippen LogP contribution in [0.3, 0.4) is 0 Å². The van der Waals surface area contributed by atoms with Crippen molar-refractivity contribution in [3.8, 4) is 0 Å². The van der Waals surface area contributed by atoms with E-state index in [0.717, 1.165) is 22.6 Å². The van der Waals surface area contributed by atoms with Crippen molar-refractivity contribution in [3.05, 3.63) is 63.7 Å². The fraction of sp³-hybridized carbons (Fsp3) is 0.111. The third-order valence-electron chi connectivity index (χ3n) is 3.62. The van der Waals surface area contributed by atoms with Gasteiger partial charge in [-0.2, -0.15) is 0 Å². The van der Waals surface area contributed by atoms with Gasteiger partial charge in [-0.05, 0) is 37.3 Å². The molecular weight excluding hydrogens is 377 g/mol. The van der Waals surface area contributed by atoms with Gasteiger partial charge in [-0.1, -0.05) is 29.3 Å². The Hall–Kier alpha value is -2.64. The normalized spacial score (nSPS) is 10.6. The minimum atomic E-state index is -0.555. The molecule has 0 radical (unpaired) electrons. The molecule has 0 fully saturated rings. The highest BCUT2D eigenvalue weighted by molar-refractivity contribution is 7.21. The molecule has 0 saturated carbocycles. The first-order valence-electron chi connectivity index (χ1n) is 7.71. The Labute approximate surface area is 158 Å². The summed E-state index contributed by atoms with van der Waals surface area (Å²) in [5.74, 6) is -1.37. The van der Waals surface area contributed by atoms with E-state index in [2.05, 4.69) is 16.2 Å². The van der Waals surface area contributed by atoms with E-state index in [9.17, 15) is 14.0 Å². The predicted molar refractivity (Wildman–Crippen MR) is 102 cm³/mol. The van der Waals surface area contributed by atoms with Crippen LogP contribution in [0.1, 0.15) is 15.2 Å². The minimum Gasteiger partial charge on any atom is -0.376 e. The molecule has 0 bridgehead atoms. The molecular formula is C18H15ClFN3O2S. The highest BCUT2D eigenvalue weighted by Gasteiger charge is 2.18. The second-order valence-electron chi connectivity index (χ2n) is 5.61. The smallest absolute Gasteiger partial charge is 0.281 e. The number of fused-ring (bicyclic) bond motifs is 1. The molecule has 0 aliphatic carbocycles. The van der Waals surface area contributed by atoms with E-state index in [4.69, 9.17) is 11.6 Å². The Morgan fingerprint density at radius 2 is 1.85 bits per heavy atom. The highest BCUT2D eigenvalue weighted by atomic mass is 35.5. The largest absolute Gasteiger partial charge is 0.376 e. The quantitative estimate of drug-likeness (QED) is 0.591. The average molecular weight is 392 g/mol. The number of anilines is 1. The van der Waals surface area contributed by atoms with Gasteiger partial charge < -0.3 is 5.32 Å². The highest BCUT2D eigenvalue weighted by Crippen LogP contribution is 2.35. The molecule has 2 amide bonds. The number of amides is 2. The van der Waals surface area contributed by atoms with Crippen LogP contribution in [-0.4, -0.2) is 18.4 Å². The zero-order valence-electron chi connectivity index (χ0n) is 13.7. The Morgan fingerprint density at radius 3 is 2.58 bits per heavy atom. The van der Waals surface area contributed by atoms with Crippen molar-refractivity contribution in [1.82, 2.24) is 10.9 Å². The monoisotopic (exact) mass is 391 g/mol. The molecule has 0 aliphatic rings. The fourth-order valence-electron chi connectivity index (χ4n) is 2.27. The van der Waals surface area contributed by atoms with Crippen LogP contribution in [0, 0.1) is 12.7 Å². The molecule has 26 heavy (non-hydrogen) atoms. The Kier molecular flexibility index (Phi) is 5.39. The SMILES string of the molecule is Cc1ccc(NCC(=O)NNC(=O)c2sc3cc(F)ccc3c2Cl)cc1. The van der Waals surface area contributed by atoms with Gasteiger partial charge in [0.15, 0.2) is 0 Å². The van der Waals surface area contributed by atoms with Crippen LogP contribution in [-0.2, 0) is 4.79 Å². The molecule has 0 aliphatic heterocycles. The molecule has 3 N–H and O–H groups in total. The molecule has 134 valence electrons. The second kappa shape index (κ2) is 7.72. The average Bonchev–Trinajstić information content (AvgIpc) is 2.95. The lowest BCUT2D eigenvalue weighted by molar-refractivity contribution is -0.120. The van der Waals surface area contributed by atoms with Gasteiger partial charge in [-0.15, -0.1) is 11.3 Å². The first-order valence-corrected chi connectivity index (χ1v) is 8.91. The summed E-state index contributed by atoms with van der Waals surface area (Å²) in [6, 6.07) is 11.7. The zero-order valence-corrected chi connectivity index (χ0v) is 15.3. The van der Waals surface area contributed by atoms with E-state index in [1.807, 2.05) is 31.2 Å². The number of aryl methyl sites for hydroxylation is 1. The molecule has 2 aromatic carbocycles. The van der Waals surface area contributed by atoms with Gasteiger partial charge in [0.05, 0.1) is 11.6 Å². The number of carbonyl (C=O) groups excluding carboxylic acids is 2. The van der Waals surface area contributed by atoms with Gasteiger partial charge in [0.25, 0.3) is 11.8 Å². The summed E-state index contributed by atoms with van der Waals surface area (Å²) in [5, 5.41) is 3.77. The lowest BCUT2D eigenvalue weighted by atomic mass is 10.2. The fourth-order valence-corrected chi connectivity index (χ4v) is 3.70. The summed E-state index contributed by atoms with van der Waals surface area (Å²) < 4.78 is 13.8. The second-order valence-corrected chi connectivity index (χ2v) is 7.04. The first kappa shape index (κ1) is 18.2. The molecule has 3 aromatic rings.